The van der Waals surface area contributed by atoms with Crippen molar-refractivity contribution in [2.45, 2.75) is 88.8 Å². The molecular weight excluding hydrogens is 229 g/mol. The maximum Gasteiger partial charge on any atom is 0.119 e. The van der Waals surface area contributed by atoms with Gasteiger partial charge in [0, 0.05) is 18.0 Å². The third-order valence-corrected chi connectivity index (χ3v) is 5.21. The van der Waals surface area contributed by atoms with Gasteiger partial charge in [-0.05, 0) is 59.8 Å². The number of nitrogens with one attached hydrogen (secondary N) is 1. The van der Waals surface area contributed by atoms with Gasteiger partial charge in [-0.2, -0.15) is 0 Å². The van der Waals surface area contributed by atoms with Gasteiger partial charge in [0.25, 0.3) is 0 Å². The topological polar surface area (TPSA) is 21.3 Å². The van der Waals surface area contributed by atoms with Gasteiger partial charge >= 0.3 is 0 Å². The van der Waals surface area contributed by atoms with Crippen molar-refractivity contribution in [1.82, 2.24) is 5.32 Å². The van der Waals surface area contributed by atoms with Gasteiger partial charge in [-0.1, -0.05) is 0 Å². The zero-order chi connectivity index (χ0) is 13.2. The second-order valence-corrected chi connectivity index (χ2v) is 7.80. The number of rotatable bonds is 1. The van der Waals surface area contributed by atoms with E-state index < -0.39 is 5.67 Å². The van der Waals surface area contributed by atoms with Crippen LogP contribution in [0.5, 0.6) is 0 Å². The molecule has 3 saturated heterocycles. The summed E-state index contributed by atoms with van der Waals surface area (Å²) in [6.07, 6.45) is 4.49. The molecule has 3 rings (SSSR count). The average molecular weight is 255 g/mol. The van der Waals surface area contributed by atoms with Crippen LogP contribution in [-0.4, -0.2) is 29.0 Å². The summed E-state index contributed by atoms with van der Waals surface area (Å²) in [4.78, 5) is 0. The summed E-state index contributed by atoms with van der Waals surface area (Å²) in [5.41, 5.74) is -1.55. The van der Waals surface area contributed by atoms with Crippen LogP contribution in [0.25, 0.3) is 0 Å². The summed E-state index contributed by atoms with van der Waals surface area (Å²) in [5.74, 6) is 0.0326. The molecule has 3 aliphatic rings. The fraction of sp³-hybridized carbons (Fsp3) is 1.00. The summed E-state index contributed by atoms with van der Waals surface area (Å²) >= 11 is 0. The molecule has 1 N–H and O–H groups in total. The molecule has 3 fully saturated rings. The van der Waals surface area contributed by atoms with Gasteiger partial charge in [0.05, 0.1) is 11.2 Å². The van der Waals surface area contributed by atoms with E-state index in [4.69, 9.17) is 4.74 Å². The Morgan fingerprint density at radius 2 is 1.56 bits per heavy atom. The van der Waals surface area contributed by atoms with Crippen LogP contribution in [0, 0.1) is 5.92 Å². The molecule has 2 bridgehead atoms. The van der Waals surface area contributed by atoms with Gasteiger partial charge in [0.1, 0.15) is 5.67 Å². The zero-order valence-corrected chi connectivity index (χ0v) is 12.1. The number of piperidine rings is 1. The Balaban J connectivity index is 1.85. The van der Waals surface area contributed by atoms with Gasteiger partial charge in [0.2, 0.25) is 0 Å². The zero-order valence-electron chi connectivity index (χ0n) is 12.1. The van der Waals surface area contributed by atoms with Crippen molar-refractivity contribution in [3.8, 4) is 0 Å². The van der Waals surface area contributed by atoms with Crippen molar-refractivity contribution in [1.29, 1.82) is 0 Å². The number of hydrogen-bond acceptors (Lipinski definition) is 2. The molecule has 0 saturated carbocycles. The maximum absolute atomic E-state index is 15.5. The highest BCUT2D eigenvalue weighted by Gasteiger charge is 2.59. The number of hydrogen-bond donors (Lipinski definition) is 1. The molecule has 3 unspecified atom stereocenters. The fourth-order valence-corrected chi connectivity index (χ4v) is 4.78. The van der Waals surface area contributed by atoms with Crippen LogP contribution in [-0.2, 0) is 4.74 Å². The molecule has 0 spiro atoms. The Morgan fingerprint density at radius 1 is 1.00 bits per heavy atom. The average Bonchev–Trinajstić information content (AvgIpc) is 2.63. The lowest BCUT2D eigenvalue weighted by Gasteiger charge is -2.43. The van der Waals surface area contributed by atoms with Crippen LogP contribution in [0.3, 0.4) is 0 Å². The largest absolute Gasteiger partial charge is 0.369 e. The van der Waals surface area contributed by atoms with Gasteiger partial charge in [-0.25, -0.2) is 4.39 Å². The van der Waals surface area contributed by atoms with Gasteiger partial charge in [0.15, 0.2) is 0 Å². The van der Waals surface area contributed by atoms with Crippen molar-refractivity contribution < 1.29 is 9.13 Å². The molecule has 3 aliphatic heterocycles. The summed E-state index contributed by atoms with van der Waals surface area (Å²) in [6, 6.07) is 0.793. The fourth-order valence-electron chi connectivity index (χ4n) is 4.78. The van der Waals surface area contributed by atoms with Crippen LogP contribution < -0.4 is 5.32 Å². The number of fused-ring (bicyclic) bond motifs is 2. The van der Waals surface area contributed by atoms with Crippen molar-refractivity contribution >= 4 is 0 Å². The van der Waals surface area contributed by atoms with E-state index in [1.807, 2.05) is 0 Å². The molecule has 3 heteroatoms. The van der Waals surface area contributed by atoms with Crippen LogP contribution >= 0.6 is 0 Å². The van der Waals surface area contributed by atoms with Crippen LogP contribution in [0.1, 0.15) is 59.8 Å². The lowest BCUT2D eigenvalue weighted by Crippen LogP contribution is -2.53. The summed E-state index contributed by atoms with van der Waals surface area (Å²) in [6.45, 7) is 8.32. The molecular formula is C15H26FNO. The SMILES string of the molecule is CC1(C)CC(C2(F)CC3CCC(C2)N3)C(C)(C)O1. The Kier molecular flexibility index (Phi) is 2.64. The first-order chi connectivity index (χ1) is 8.20. The first-order valence-corrected chi connectivity index (χ1v) is 7.35. The van der Waals surface area contributed by atoms with E-state index in [-0.39, 0.29) is 17.1 Å². The van der Waals surface area contributed by atoms with E-state index >= 15 is 4.39 Å². The Hall–Kier alpha value is -0.150. The van der Waals surface area contributed by atoms with Crippen molar-refractivity contribution in [2.75, 3.05) is 0 Å². The van der Waals surface area contributed by atoms with Crippen molar-refractivity contribution in [2.24, 2.45) is 5.92 Å². The molecule has 104 valence electrons. The van der Waals surface area contributed by atoms with E-state index in [0.717, 1.165) is 19.3 Å². The van der Waals surface area contributed by atoms with Crippen molar-refractivity contribution in [3.63, 3.8) is 0 Å². The third-order valence-electron chi connectivity index (χ3n) is 5.21. The van der Waals surface area contributed by atoms with Crippen molar-refractivity contribution in [3.05, 3.63) is 0 Å². The second kappa shape index (κ2) is 3.69. The van der Waals surface area contributed by atoms with Crippen LogP contribution in [0.15, 0.2) is 0 Å². The Morgan fingerprint density at radius 3 is 2.00 bits per heavy atom. The first kappa shape index (κ1) is 12.9. The highest BCUT2D eigenvalue weighted by atomic mass is 19.1. The quantitative estimate of drug-likeness (QED) is 0.777. The summed E-state index contributed by atoms with van der Waals surface area (Å²) < 4.78 is 21.6. The van der Waals surface area contributed by atoms with Gasteiger partial charge in [-0.3, -0.25) is 0 Å². The highest BCUT2D eigenvalue weighted by Crippen LogP contribution is 2.53. The Labute approximate surface area is 110 Å². The highest BCUT2D eigenvalue weighted by molar-refractivity contribution is 5.10. The number of halogens is 1. The summed E-state index contributed by atoms with van der Waals surface area (Å²) in [7, 11) is 0. The molecule has 2 nitrogen and oxygen atoms in total. The minimum Gasteiger partial charge on any atom is -0.369 e. The van der Waals surface area contributed by atoms with E-state index in [1.54, 1.807) is 0 Å². The monoisotopic (exact) mass is 255 g/mol. The van der Waals surface area contributed by atoms with Gasteiger partial charge in [-0.15, -0.1) is 0 Å². The van der Waals surface area contributed by atoms with Gasteiger partial charge < -0.3 is 10.1 Å². The Bertz CT molecular complexity index is 340. The normalized spacial score (nSPS) is 49.5. The summed E-state index contributed by atoms with van der Waals surface area (Å²) in [5, 5.41) is 3.54. The molecule has 18 heavy (non-hydrogen) atoms. The predicted octanol–water partition coefficient (Wildman–Crippen LogP) is 3.20. The van der Waals surface area contributed by atoms with E-state index in [1.165, 1.54) is 0 Å². The molecule has 0 aromatic carbocycles. The molecule has 3 heterocycles. The predicted molar refractivity (Wildman–Crippen MR) is 70.4 cm³/mol. The maximum atomic E-state index is 15.5. The third kappa shape index (κ3) is 2.00. The lowest BCUT2D eigenvalue weighted by atomic mass is 9.70. The molecule has 0 aromatic rings. The van der Waals surface area contributed by atoms with Crippen LogP contribution in [0.4, 0.5) is 4.39 Å². The number of alkyl halides is 1. The minimum atomic E-state index is -1.03. The molecule has 0 aromatic heterocycles. The molecule has 0 radical (unpaired) electrons. The lowest BCUT2D eigenvalue weighted by molar-refractivity contribution is -0.101. The molecule has 3 atom stereocenters. The van der Waals surface area contributed by atoms with E-state index in [2.05, 4.69) is 33.0 Å². The smallest absolute Gasteiger partial charge is 0.119 e. The second-order valence-electron chi connectivity index (χ2n) is 7.80. The van der Waals surface area contributed by atoms with E-state index in [9.17, 15) is 0 Å². The minimum absolute atomic E-state index is 0.0326. The standard InChI is InChI=1S/C15H26FNO/c1-13(2)9-12(14(3,4)18-13)15(16)7-10-5-6-11(8-15)17-10/h10-12,17H,5-9H2,1-4H3. The molecule has 0 aliphatic carbocycles. The van der Waals surface area contributed by atoms with Crippen LogP contribution in [0.2, 0.25) is 0 Å². The molecule has 0 amide bonds. The van der Waals surface area contributed by atoms with E-state index in [0.29, 0.717) is 24.9 Å². The first-order valence-electron chi connectivity index (χ1n) is 7.35. The number of ether oxygens (including phenoxy) is 1.